The number of hydrogen-bond acceptors (Lipinski definition) is 4. The van der Waals surface area contributed by atoms with Crippen LogP contribution in [0.3, 0.4) is 0 Å². The number of imidazole rings is 1. The maximum atomic E-state index is 12.9. The van der Waals surface area contributed by atoms with Crippen LogP contribution in [0.25, 0.3) is 16.9 Å². The van der Waals surface area contributed by atoms with Crippen molar-refractivity contribution >= 4 is 17.4 Å². The molecule has 0 aliphatic rings. The Labute approximate surface area is 187 Å². The predicted octanol–water partition coefficient (Wildman–Crippen LogP) is 5.60. The van der Waals surface area contributed by atoms with Crippen molar-refractivity contribution in [1.29, 1.82) is 0 Å². The molecule has 0 unspecified atom stereocenters. The van der Waals surface area contributed by atoms with Crippen molar-refractivity contribution in [2.75, 3.05) is 19.5 Å². The summed E-state index contributed by atoms with van der Waals surface area (Å²) in [5, 5.41) is 2.81. The van der Waals surface area contributed by atoms with Gasteiger partial charge in [-0.25, -0.2) is 4.98 Å². The number of hydrogen-bond donors (Lipinski definition) is 1. The molecule has 4 rings (SSSR count). The highest BCUT2D eigenvalue weighted by atomic mass is 19.4. The molecular formula is C24H20F3N3O3. The molecule has 0 aliphatic carbocycles. The van der Waals surface area contributed by atoms with Crippen molar-refractivity contribution < 1.29 is 27.4 Å². The first-order chi connectivity index (χ1) is 15.7. The third-order valence-corrected chi connectivity index (χ3v) is 5.13. The number of carbonyl (C=O) groups excluding carboxylic acids is 1. The Kier molecular flexibility index (Phi) is 5.71. The standard InChI is InChI=1S/C24H20F3N3O3/c1-14-4-11-20-28-21(16-7-10-18(32-2)19(12-16)33-3)22(30(20)13-14)29-23(31)15-5-8-17(9-6-15)24(25,26)27/h4-13H,1-3H3,(H,29,31). The molecule has 9 heteroatoms. The molecule has 0 fully saturated rings. The fraction of sp³-hybridized carbons (Fsp3) is 0.167. The molecule has 0 atom stereocenters. The van der Waals surface area contributed by atoms with Gasteiger partial charge in [0.05, 0.1) is 19.8 Å². The molecule has 33 heavy (non-hydrogen) atoms. The summed E-state index contributed by atoms with van der Waals surface area (Å²) < 4.78 is 51.0. The summed E-state index contributed by atoms with van der Waals surface area (Å²) in [6.07, 6.45) is -2.66. The minimum atomic E-state index is -4.48. The van der Waals surface area contributed by atoms with Crippen LogP contribution < -0.4 is 14.8 Å². The van der Waals surface area contributed by atoms with E-state index in [0.717, 1.165) is 29.8 Å². The summed E-state index contributed by atoms with van der Waals surface area (Å²) >= 11 is 0. The van der Waals surface area contributed by atoms with Gasteiger partial charge in [-0.05, 0) is 61.0 Å². The van der Waals surface area contributed by atoms with Crippen LogP contribution in [0.5, 0.6) is 11.5 Å². The minimum absolute atomic E-state index is 0.0869. The number of amides is 1. The number of alkyl halides is 3. The fourth-order valence-electron chi connectivity index (χ4n) is 3.45. The number of ether oxygens (including phenoxy) is 2. The summed E-state index contributed by atoms with van der Waals surface area (Å²) in [6, 6.07) is 13.0. The molecule has 0 spiro atoms. The Bertz CT molecular complexity index is 1330. The zero-order valence-corrected chi connectivity index (χ0v) is 18.0. The number of nitrogens with one attached hydrogen (secondary N) is 1. The number of benzene rings is 2. The Balaban J connectivity index is 1.78. The lowest BCUT2D eigenvalue weighted by atomic mass is 10.1. The number of fused-ring (bicyclic) bond motifs is 1. The normalized spacial score (nSPS) is 11.5. The molecule has 2 heterocycles. The third-order valence-electron chi connectivity index (χ3n) is 5.13. The highest BCUT2D eigenvalue weighted by molar-refractivity contribution is 6.05. The zero-order chi connectivity index (χ0) is 23.8. The number of methoxy groups -OCH3 is 2. The van der Waals surface area contributed by atoms with E-state index in [1.807, 2.05) is 25.3 Å². The lowest BCUT2D eigenvalue weighted by Gasteiger charge is -2.11. The lowest BCUT2D eigenvalue weighted by molar-refractivity contribution is -0.137. The first kappa shape index (κ1) is 22.2. The largest absolute Gasteiger partial charge is 0.493 e. The van der Waals surface area contributed by atoms with Crippen LogP contribution in [-0.2, 0) is 6.18 Å². The molecular weight excluding hydrogens is 435 g/mol. The Hall–Kier alpha value is -4.01. The van der Waals surface area contributed by atoms with Crippen molar-refractivity contribution in [3.8, 4) is 22.8 Å². The van der Waals surface area contributed by atoms with E-state index in [9.17, 15) is 18.0 Å². The number of anilines is 1. The van der Waals surface area contributed by atoms with E-state index in [0.29, 0.717) is 34.2 Å². The van der Waals surface area contributed by atoms with Crippen molar-refractivity contribution in [3.63, 3.8) is 0 Å². The Morgan fingerprint density at radius 3 is 2.30 bits per heavy atom. The van der Waals surface area contributed by atoms with Crippen molar-refractivity contribution in [3.05, 3.63) is 77.5 Å². The molecule has 1 N–H and O–H groups in total. The zero-order valence-electron chi connectivity index (χ0n) is 18.0. The number of aryl methyl sites for hydroxylation is 1. The maximum absolute atomic E-state index is 12.9. The SMILES string of the molecule is COc1ccc(-c2nc3ccc(C)cn3c2NC(=O)c2ccc(C(F)(F)F)cc2)cc1OC. The lowest BCUT2D eigenvalue weighted by Crippen LogP contribution is -2.15. The van der Waals surface area contributed by atoms with Gasteiger partial charge in [0, 0.05) is 17.3 Å². The number of nitrogens with zero attached hydrogens (tertiary/aromatic N) is 2. The monoisotopic (exact) mass is 455 g/mol. The average Bonchev–Trinajstić information content (AvgIpc) is 3.15. The number of pyridine rings is 1. The van der Waals surface area contributed by atoms with Gasteiger partial charge < -0.3 is 14.8 Å². The van der Waals surface area contributed by atoms with Crippen molar-refractivity contribution in [2.45, 2.75) is 13.1 Å². The van der Waals surface area contributed by atoms with Gasteiger partial charge in [-0.1, -0.05) is 6.07 Å². The van der Waals surface area contributed by atoms with E-state index < -0.39 is 17.6 Å². The second-order valence-electron chi connectivity index (χ2n) is 7.34. The first-order valence-corrected chi connectivity index (χ1v) is 9.91. The van der Waals surface area contributed by atoms with Crippen LogP contribution >= 0.6 is 0 Å². The Morgan fingerprint density at radius 1 is 0.970 bits per heavy atom. The molecule has 0 saturated heterocycles. The number of carbonyl (C=O) groups is 1. The van der Waals surface area contributed by atoms with E-state index in [4.69, 9.17) is 9.47 Å². The van der Waals surface area contributed by atoms with Crippen LogP contribution in [0.2, 0.25) is 0 Å². The van der Waals surface area contributed by atoms with Gasteiger partial charge in [0.2, 0.25) is 0 Å². The first-order valence-electron chi connectivity index (χ1n) is 9.91. The second-order valence-corrected chi connectivity index (χ2v) is 7.34. The molecule has 170 valence electrons. The van der Waals surface area contributed by atoms with Crippen molar-refractivity contribution in [2.24, 2.45) is 0 Å². The van der Waals surface area contributed by atoms with Crippen molar-refractivity contribution in [1.82, 2.24) is 9.38 Å². The summed E-state index contributed by atoms with van der Waals surface area (Å²) in [7, 11) is 3.04. The van der Waals surface area contributed by atoms with Gasteiger partial charge in [-0.2, -0.15) is 13.2 Å². The molecule has 6 nitrogen and oxygen atoms in total. The van der Waals surface area contributed by atoms with E-state index >= 15 is 0 Å². The van der Waals surface area contributed by atoms with E-state index in [1.165, 1.54) is 14.2 Å². The van der Waals surface area contributed by atoms with E-state index in [-0.39, 0.29) is 5.56 Å². The number of halogens is 3. The van der Waals surface area contributed by atoms with Crippen LogP contribution in [0.1, 0.15) is 21.5 Å². The molecule has 2 aromatic carbocycles. The molecule has 0 bridgehead atoms. The predicted molar refractivity (Wildman–Crippen MR) is 118 cm³/mol. The molecule has 0 radical (unpaired) electrons. The molecule has 1 amide bonds. The summed E-state index contributed by atoms with van der Waals surface area (Å²) in [4.78, 5) is 17.6. The summed E-state index contributed by atoms with van der Waals surface area (Å²) in [5.41, 5.74) is 1.93. The quantitative estimate of drug-likeness (QED) is 0.426. The number of rotatable bonds is 5. The average molecular weight is 455 g/mol. The Morgan fingerprint density at radius 2 is 1.67 bits per heavy atom. The highest BCUT2D eigenvalue weighted by Gasteiger charge is 2.30. The van der Waals surface area contributed by atoms with Gasteiger partial charge in [0.25, 0.3) is 5.91 Å². The second kappa shape index (κ2) is 8.50. The molecule has 0 saturated carbocycles. The van der Waals surface area contributed by atoms with Crippen LogP contribution in [0.4, 0.5) is 19.0 Å². The smallest absolute Gasteiger partial charge is 0.416 e. The van der Waals surface area contributed by atoms with Gasteiger partial charge in [-0.3, -0.25) is 9.20 Å². The topological polar surface area (TPSA) is 64.9 Å². The maximum Gasteiger partial charge on any atom is 0.416 e. The van der Waals surface area contributed by atoms with Gasteiger partial charge >= 0.3 is 6.18 Å². The van der Waals surface area contributed by atoms with Crippen LogP contribution in [0, 0.1) is 6.92 Å². The summed E-state index contributed by atoms with van der Waals surface area (Å²) in [5.74, 6) is 0.846. The molecule has 0 aliphatic heterocycles. The van der Waals surface area contributed by atoms with E-state index in [1.54, 1.807) is 22.6 Å². The van der Waals surface area contributed by atoms with Gasteiger partial charge in [0.15, 0.2) is 11.5 Å². The van der Waals surface area contributed by atoms with E-state index in [2.05, 4.69) is 10.3 Å². The molecule has 2 aromatic heterocycles. The fourth-order valence-corrected chi connectivity index (χ4v) is 3.45. The number of aromatic nitrogens is 2. The van der Waals surface area contributed by atoms with Crippen LogP contribution in [-0.4, -0.2) is 29.5 Å². The highest BCUT2D eigenvalue weighted by Crippen LogP contribution is 2.36. The minimum Gasteiger partial charge on any atom is -0.493 e. The summed E-state index contributed by atoms with van der Waals surface area (Å²) in [6.45, 7) is 1.90. The third kappa shape index (κ3) is 4.34. The van der Waals surface area contributed by atoms with Crippen LogP contribution in [0.15, 0.2) is 60.8 Å². The van der Waals surface area contributed by atoms with Gasteiger partial charge in [0.1, 0.15) is 17.2 Å². The molecule has 4 aromatic rings. The van der Waals surface area contributed by atoms with Gasteiger partial charge in [-0.15, -0.1) is 0 Å².